The van der Waals surface area contributed by atoms with Crippen LogP contribution in [0.1, 0.15) is 19.8 Å². The van der Waals surface area contributed by atoms with Crippen molar-refractivity contribution >= 4 is 33.8 Å². The molecule has 7 nitrogen and oxygen atoms in total. The van der Waals surface area contributed by atoms with Gasteiger partial charge in [-0.2, -0.15) is 4.98 Å². The molecule has 3 heterocycles. The highest BCUT2D eigenvalue weighted by molar-refractivity contribution is 5.91. The topological polar surface area (TPSA) is 91.1 Å². The van der Waals surface area contributed by atoms with Crippen LogP contribution >= 0.6 is 0 Å². The van der Waals surface area contributed by atoms with Gasteiger partial charge in [0.1, 0.15) is 28.7 Å². The zero-order chi connectivity index (χ0) is 18.8. The number of rotatable bonds is 4. The first-order valence-corrected chi connectivity index (χ1v) is 9.75. The van der Waals surface area contributed by atoms with E-state index < -0.39 is 0 Å². The number of nitrogens with two attached hydrogens (primary N) is 1. The van der Waals surface area contributed by atoms with E-state index in [-0.39, 0.29) is 12.1 Å². The van der Waals surface area contributed by atoms with Crippen LogP contribution in [0.3, 0.4) is 0 Å². The predicted octanol–water partition coefficient (Wildman–Crippen LogP) is 4.03. The number of benzene rings is 2. The van der Waals surface area contributed by atoms with Gasteiger partial charge in [0.2, 0.25) is 0 Å². The Morgan fingerprint density at radius 2 is 2.07 bits per heavy atom. The minimum absolute atomic E-state index is 0.0776. The summed E-state index contributed by atoms with van der Waals surface area (Å²) >= 11 is 0. The first-order chi connectivity index (χ1) is 13.6. The summed E-state index contributed by atoms with van der Waals surface area (Å²) in [5.74, 6) is 2.61. The Kier molecular flexibility index (Phi) is 3.18. The number of nitrogens with zero attached hydrogens (tertiary/aromatic N) is 3. The highest BCUT2D eigenvalue weighted by atomic mass is 16.5. The molecule has 1 aliphatic carbocycles. The number of nitrogens with one attached hydrogen (secondary N) is 1. The van der Waals surface area contributed by atoms with E-state index in [2.05, 4.69) is 33.9 Å². The molecule has 2 aromatic carbocycles. The number of ether oxygens (including phenoxy) is 1. The maximum absolute atomic E-state index is 6.15. The maximum atomic E-state index is 6.15. The van der Waals surface area contributed by atoms with E-state index >= 15 is 0 Å². The second kappa shape index (κ2) is 5.64. The molecule has 3 N–H and O–H groups in total. The highest BCUT2D eigenvalue weighted by Crippen LogP contribution is 2.38. The Bertz CT molecular complexity index is 1220. The molecule has 0 saturated heterocycles. The maximum Gasteiger partial charge on any atom is 0.292 e. The molecule has 1 saturated carbocycles. The van der Waals surface area contributed by atoms with Crippen molar-refractivity contribution in [1.82, 2.24) is 14.5 Å². The van der Waals surface area contributed by atoms with Gasteiger partial charge in [0.25, 0.3) is 6.01 Å². The summed E-state index contributed by atoms with van der Waals surface area (Å²) in [5, 5.41) is 3.54. The van der Waals surface area contributed by atoms with Crippen LogP contribution in [0.15, 0.2) is 34.7 Å². The van der Waals surface area contributed by atoms with E-state index in [0.717, 1.165) is 58.4 Å². The fourth-order valence-corrected chi connectivity index (χ4v) is 4.00. The van der Waals surface area contributed by atoms with Crippen molar-refractivity contribution in [1.29, 1.82) is 0 Å². The molecular weight excluding hydrogens is 354 g/mol. The Morgan fingerprint density at radius 1 is 1.18 bits per heavy atom. The van der Waals surface area contributed by atoms with Crippen LogP contribution in [0, 0.1) is 5.92 Å². The fourth-order valence-electron chi connectivity index (χ4n) is 4.00. The predicted molar refractivity (Wildman–Crippen MR) is 108 cm³/mol. The van der Waals surface area contributed by atoms with Crippen molar-refractivity contribution in [2.45, 2.75) is 32.4 Å². The second-order valence-electron chi connectivity index (χ2n) is 7.88. The SMILES string of the molecule is C[C@@H]1Cn2c(-c3ccc4oc(N)nc4c3)nc3cc(NCC4CC4)cc(c32)O1. The Balaban J connectivity index is 1.50. The zero-order valence-electron chi connectivity index (χ0n) is 15.6. The fraction of sp³-hybridized carbons (Fsp3) is 0.333. The molecule has 1 fully saturated rings. The average molecular weight is 375 g/mol. The van der Waals surface area contributed by atoms with Gasteiger partial charge in [-0.15, -0.1) is 0 Å². The molecule has 7 heteroatoms. The quantitative estimate of drug-likeness (QED) is 0.560. The van der Waals surface area contributed by atoms with Crippen molar-refractivity contribution in [3.05, 3.63) is 30.3 Å². The highest BCUT2D eigenvalue weighted by Gasteiger charge is 2.26. The van der Waals surface area contributed by atoms with E-state index in [0.29, 0.717) is 5.58 Å². The lowest BCUT2D eigenvalue weighted by Crippen LogP contribution is -2.24. The van der Waals surface area contributed by atoms with Crippen LogP contribution in [0.2, 0.25) is 0 Å². The van der Waals surface area contributed by atoms with Gasteiger partial charge >= 0.3 is 0 Å². The monoisotopic (exact) mass is 375 g/mol. The summed E-state index contributed by atoms with van der Waals surface area (Å²) in [7, 11) is 0. The Morgan fingerprint density at radius 3 is 2.93 bits per heavy atom. The van der Waals surface area contributed by atoms with Crippen LogP contribution in [-0.2, 0) is 6.54 Å². The summed E-state index contributed by atoms with van der Waals surface area (Å²) < 4.78 is 13.8. The van der Waals surface area contributed by atoms with Gasteiger partial charge in [0.15, 0.2) is 5.58 Å². The third-order valence-electron chi connectivity index (χ3n) is 5.53. The molecule has 142 valence electrons. The Labute approximate surface area is 161 Å². The van der Waals surface area contributed by atoms with Crippen molar-refractivity contribution in [3.8, 4) is 17.1 Å². The van der Waals surface area contributed by atoms with Gasteiger partial charge < -0.3 is 24.8 Å². The number of hydrogen-bond donors (Lipinski definition) is 2. The minimum Gasteiger partial charge on any atom is -0.487 e. The lowest BCUT2D eigenvalue weighted by Gasteiger charge is -2.24. The lowest BCUT2D eigenvalue weighted by molar-refractivity contribution is 0.191. The van der Waals surface area contributed by atoms with Gasteiger partial charge in [-0.1, -0.05) is 0 Å². The summed E-state index contributed by atoms with van der Waals surface area (Å²) in [6.45, 7) is 3.86. The normalized spacial score (nSPS) is 18.5. The number of aromatic nitrogens is 3. The molecule has 1 aliphatic heterocycles. The van der Waals surface area contributed by atoms with Gasteiger partial charge in [0.05, 0.1) is 12.1 Å². The minimum atomic E-state index is 0.0776. The largest absolute Gasteiger partial charge is 0.487 e. The van der Waals surface area contributed by atoms with Gasteiger partial charge in [-0.3, -0.25) is 0 Å². The lowest BCUT2D eigenvalue weighted by atomic mass is 10.2. The van der Waals surface area contributed by atoms with Gasteiger partial charge in [-0.05, 0) is 49.9 Å². The smallest absolute Gasteiger partial charge is 0.292 e. The van der Waals surface area contributed by atoms with Gasteiger partial charge in [0, 0.05) is 23.9 Å². The average Bonchev–Trinajstić information content (AvgIpc) is 3.32. The van der Waals surface area contributed by atoms with Crippen molar-refractivity contribution in [2.75, 3.05) is 17.6 Å². The number of hydrogen-bond acceptors (Lipinski definition) is 6. The van der Waals surface area contributed by atoms with E-state index in [1.807, 2.05) is 18.2 Å². The molecule has 6 rings (SSSR count). The number of anilines is 2. The van der Waals surface area contributed by atoms with E-state index in [9.17, 15) is 0 Å². The molecule has 4 aromatic rings. The molecule has 0 bridgehead atoms. The standard InChI is InChI=1S/C21H21N5O2/c1-11-10-26-19-16(7-14(8-18(19)27-11)23-9-12-2-3-12)24-20(26)13-4-5-17-15(6-13)25-21(22)28-17/h4-8,11-12,23H,2-3,9-10H2,1H3,(H2,22,25)/t11-/m1/s1. The van der Waals surface area contributed by atoms with Crippen molar-refractivity contribution in [3.63, 3.8) is 0 Å². The molecule has 0 amide bonds. The van der Waals surface area contributed by atoms with Crippen LogP contribution in [0.25, 0.3) is 33.5 Å². The molecule has 0 spiro atoms. The number of fused-ring (bicyclic) bond motifs is 1. The summed E-state index contributed by atoms with van der Waals surface area (Å²) in [5.41, 5.74) is 11.2. The number of oxazole rings is 1. The van der Waals surface area contributed by atoms with Crippen LogP contribution in [0.4, 0.5) is 11.7 Å². The van der Waals surface area contributed by atoms with Crippen LogP contribution < -0.4 is 15.8 Å². The molecule has 0 radical (unpaired) electrons. The van der Waals surface area contributed by atoms with Crippen molar-refractivity contribution < 1.29 is 9.15 Å². The van der Waals surface area contributed by atoms with Gasteiger partial charge in [-0.25, -0.2) is 4.98 Å². The molecule has 2 aliphatic rings. The number of imidazole rings is 1. The molecule has 28 heavy (non-hydrogen) atoms. The Hall–Kier alpha value is -3.22. The second-order valence-corrected chi connectivity index (χ2v) is 7.88. The first kappa shape index (κ1) is 15.8. The third-order valence-corrected chi connectivity index (χ3v) is 5.53. The summed E-state index contributed by atoms with van der Waals surface area (Å²) in [4.78, 5) is 9.21. The van der Waals surface area contributed by atoms with Crippen LogP contribution in [0.5, 0.6) is 5.75 Å². The molecule has 0 unspecified atom stereocenters. The summed E-state index contributed by atoms with van der Waals surface area (Å²) in [6, 6.07) is 10.3. The molecule has 2 aromatic heterocycles. The van der Waals surface area contributed by atoms with E-state index in [1.165, 1.54) is 12.8 Å². The zero-order valence-corrected chi connectivity index (χ0v) is 15.6. The van der Waals surface area contributed by atoms with Crippen molar-refractivity contribution in [2.24, 2.45) is 5.92 Å². The van der Waals surface area contributed by atoms with Crippen LogP contribution in [-0.4, -0.2) is 27.2 Å². The number of nitrogen functional groups attached to an aromatic ring is 1. The molecular formula is C21H21N5O2. The van der Waals surface area contributed by atoms with E-state index in [4.69, 9.17) is 19.9 Å². The van der Waals surface area contributed by atoms with E-state index in [1.54, 1.807) is 0 Å². The first-order valence-electron chi connectivity index (χ1n) is 9.75. The molecule has 1 atom stereocenters. The summed E-state index contributed by atoms with van der Waals surface area (Å²) in [6.07, 6.45) is 2.72. The third kappa shape index (κ3) is 2.50.